The van der Waals surface area contributed by atoms with E-state index in [0.29, 0.717) is 11.6 Å². The van der Waals surface area contributed by atoms with Gasteiger partial charge in [-0.25, -0.2) is 4.79 Å². The molecule has 5 heteroatoms. The van der Waals surface area contributed by atoms with Crippen molar-refractivity contribution in [2.75, 3.05) is 0 Å². The Bertz CT molecular complexity index is 979. The summed E-state index contributed by atoms with van der Waals surface area (Å²) >= 11 is 6.28. The summed E-state index contributed by atoms with van der Waals surface area (Å²) < 4.78 is 2.17. The zero-order valence-electron chi connectivity index (χ0n) is 15.4. The topological polar surface area (TPSA) is 37.3 Å². The minimum absolute atomic E-state index is 0.0581. The summed E-state index contributed by atoms with van der Waals surface area (Å²) in [6, 6.07) is 19.8. The van der Waals surface area contributed by atoms with Gasteiger partial charge in [-0.1, -0.05) is 41.9 Å². The van der Waals surface area contributed by atoms with E-state index in [1.54, 1.807) is 0 Å². The second-order valence-corrected chi connectivity index (χ2v) is 7.56. The fourth-order valence-electron chi connectivity index (χ4n) is 3.70. The number of halogens is 1. The lowest BCUT2D eigenvalue weighted by Crippen LogP contribution is -2.44. The number of rotatable bonds is 2. The first kappa shape index (κ1) is 17.7. The number of hydrogen-bond donors (Lipinski definition) is 1. The van der Waals surface area contributed by atoms with E-state index in [2.05, 4.69) is 34.3 Å². The van der Waals surface area contributed by atoms with Gasteiger partial charge in [0.2, 0.25) is 0 Å². The number of carbonyl (C=O) groups excluding carboxylic acids is 1. The Balaban J connectivity index is 1.91. The molecule has 0 bridgehead atoms. The predicted molar refractivity (Wildman–Crippen MR) is 108 cm³/mol. The summed E-state index contributed by atoms with van der Waals surface area (Å²) in [5.74, 6) is 0. The van der Waals surface area contributed by atoms with E-state index < -0.39 is 0 Å². The van der Waals surface area contributed by atoms with Crippen LogP contribution in [-0.4, -0.2) is 21.5 Å². The average molecular weight is 380 g/mol. The molecular formula is C22H22ClN3O. The van der Waals surface area contributed by atoms with Crippen LogP contribution in [0.2, 0.25) is 5.02 Å². The number of nitrogens with one attached hydrogen (secondary N) is 1. The lowest BCUT2D eigenvalue weighted by Gasteiger charge is -2.31. The van der Waals surface area contributed by atoms with Crippen LogP contribution in [0.3, 0.4) is 0 Å². The Morgan fingerprint density at radius 2 is 1.93 bits per heavy atom. The van der Waals surface area contributed by atoms with Gasteiger partial charge in [0, 0.05) is 23.0 Å². The minimum atomic E-state index is -0.232. The van der Waals surface area contributed by atoms with Crippen molar-refractivity contribution >= 4 is 17.6 Å². The Labute approximate surface area is 164 Å². The van der Waals surface area contributed by atoms with Crippen LogP contribution in [0.4, 0.5) is 4.79 Å². The molecule has 1 aromatic heterocycles. The third kappa shape index (κ3) is 3.33. The number of amides is 2. The van der Waals surface area contributed by atoms with Gasteiger partial charge in [0.1, 0.15) is 0 Å². The maximum absolute atomic E-state index is 13.1. The molecule has 2 aromatic carbocycles. The van der Waals surface area contributed by atoms with E-state index in [-0.39, 0.29) is 18.1 Å². The van der Waals surface area contributed by atoms with Gasteiger partial charge in [0.25, 0.3) is 0 Å². The highest BCUT2D eigenvalue weighted by Gasteiger charge is 2.33. The first-order chi connectivity index (χ1) is 13.0. The molecule has 0 fully saturated rings. The average Bonchev–Trinajstić information content (AvgIpc) is 3.05. The first-order valence-corrected chi connectivity index (χ1v) is 9.50. The van der Waals surface area contributed by atoms with Gasteiger partial charge in [0.05, 0.1) is 18.3 Å². The summed E-state index contributed by atoms with van der Waals surface area (Å²) in [6.07, 6.45) is 2.05. The van der Waals surface area contributed by atoms with Crippen LogP contribution in [-0.2, 0) is 6.54 Å². The highest BCUT2D eigenvalue weighted by molar-refractivity contribution is 6.30. The van der Waals surface area contributed by atoms with Gasteiger partial charge in [-0.05, 0) is 55.3 Å². The fraction of sp³-hybridized carbons (Fsp3) is 0.227. The lowest BCUT2D eigenvalue weighted by atomic mass is 10.0. The second kappa shape index (κ2) is 7.12. The number of fused-ring (bicyclic) bond motifs is 3. The molecule has 1 atom stereocenters. The summed E-state index contributed by atoms with van der Waals surface area (Å²) in [4.78, 5) is 15.0. The third-order valence-corrected chi connectivity index (χ3v) is 5.04. The predicted octanol–water partition coefficient (Wildman–Crippen LogP) is 5.15. The summed E-state index contributed by atoms with van der Waals surface area (Å²) in [5, 5.41) is 3.72. The maximum Gasteiger partial charge on any atom is 0.318 e. The number of nitrogens with zero attached hydrogens (tertiary/aromatic N) is 2. The molecule has 1 aliphatic rings. The van der Waals surface area contributed by atoms with E-state index in [4.69, 9.17) is 11.6 Å². The highest BCUT2D eigenvalue weighted by atomic mass is 35.5. The molecule has 0 radical (unpaired) electrons. The summed E-state index contributed by atoms with van der Waals surface area (Å²) in [6.45, 7) is 4.47. The molecule has 0 aliphatic carbocycles. The van der Waals surface area contributed by atoms with Crippen LogP contribution in [0.5, 0.6) is 0 Å². The van der Waals surface area contributed by atoms with Crippen molar-refractivity contribution < 1.29 is 4.79 Å². The first-order valence-electron chi connectivity index (χ1n) is 9.12. The zero-order valence-corrected chi connectivity index (χ0v) is 16.1. The number of urea groups is 1. The molecule has 4 nitrogen and oxygen atoms in total. The lowest BCUT2D eigenvalue weighted by molar-refractivity contribution is 0.178. The van der Waals surface area contributed by atoms with E-state index in [1.165, 1.54) is 0 Å². The Kier molecular flexibility index (Phi) is 4.66. The molecule has 2 amide bonds. The van der Waals surface area contributed by atoms with E-state index in [1.807, 2.05) is 61.2 Å². The monoisotopic (exact) mass is 379 g/mol. The molecule has 138 valence electrons. The zero-order chi connectivity index (χ0) is 19.0. The van der Waals surface area contributed by atoms with Crippen molar-refractivity contribution in [2.45, 2.75) is 32.5 Å². The maximum atomic E-state index is 13.1. The molecule has 0 saturated heterocycles. The Morgan fingerprint density at radius 1 is 1.11 bits per heavy atom. The van der Waals surface area contributed by atoms with Gasteiger partial charge in [0.15, 0.2) is 0 Å². The number of aromatic nitrogens is 1. The van der Waals surface area contributed by atoms with Crippen molar-refractivity contribution in [1.29, 1.82) is 0 Å². The largest absolute Gasteiger partial charge is 0.336 e. The van der Waals surface area contributed by atoms with Gasteiger partial charge in [-0.2, -0.15) is 0 Å². The second-order valence-electron chi connectivity index (χ2n) is 7.12. The van der Waals surface area contributed by atoms with Crippen LogP contribution in [0.1, 0.15) is 36.7 Å². The van der Waals surface area contributed by atoms with Gasteiger partial charge >= 0.3 is 6.03 Å². The van der Waals surface area contributed by atoms with Crippen molar-refractivity contribution in [3.8, 4) is 5.69 Å². The fourth-order valence-corrected chi connectivity index (χ4v) is 3.90. The van der Waals surface area contributed by atoms with Crippen molar-refractivity contribution in [3.63, 3.8) is 0 Å². The Hall–Kier alpha value is -2.72. The number of benzene rings is 2. The van der Waals surface area contributed by atoms with Crippen LogP contribution >= 0.6 is 11.6 Å². The van der Waals surface area contributed by atoms with E-state index in [9.17, 15) is 4.79 Å². The summed E-state index contributed by atoms with van der Waals surface area (Å²) in [5.41, 5.74) is 4.25. The smallest absolute Gasteiger partial charge is 0.318 e. The van der Waals surface area contributed by atoms with E-state index >= 15 is 0 Å². The minimum Gasteiger partial charge on any atom is -0.336 e. The molecular weight excluding hydrogens is 358 g/mol. The molecule has 0 saturated carbocycles. The standard InChI is InChI=1S/C22H22ClN3O/c1-15(2)24-22(27)26-14-17-7-3-4-10-19(17)25-12-6-11-20(25)21(26)16-8-5-9-18(23)13-16/h3-13,15,21H,14H2,1-2H3,(H,24,27)/t21-/m0/s1. The van der Waals surface area contributed by atoms with Crippen molar-refractivity contribution in [1.82, 2.24) is 14.8 Å². The number of carbonyl (C=O) groups is 1. The Morgan fingerprint density at radius 3 is 2.70 bits per heavy atom. The quantitative estimate of drug-likeness (QED) is 0.656. The SMILES string of the molecule is CC(C)NC(=O)N1Cc2ccccc2-n2cccc2[C@@H]1c1cccc(Cl)c1. The van der Waals surface area contributed by atoms with Crippen LogP contribution in [0, 0.1) is 0 Å². The number of para-hydroxylation sites is 1. The van der Waals surface area contributed by atoms with E-state index in [0.717, 1.165) is 22.5 Å². The van der Waals surface area contributed by atoms with Gasteiger partial charge in [-0.3, -0.25) is 0 Å². The number of hydrogen-bond acceptors (Lipinski definition) is 1. The molecule has 1 aliphatic heterocycles. The highest BCUT2D eigenvalue weighted by Crippen LogP contribution is 2.37. The van der Waals surface area contributed by atoms with Crippen LogP contribution < -0.4 is 5.32 Å². The molecule has 0 spiro atoms. The van der Waals surface area contributed by atoms with Crippen LogP contribution in [0.15, 0.2) is 66.9 Å². The van der Waals surface area contributed by atoms with Gasteiger partial charge < -0.3 is 14.8 Å². The van der Waals surface area contributed by atoms with Crippen LogP contribution in [0.25, 0.3) is 5.69 Å². The molecule has 3 aromatic rings. The molecule has 1 N–H and O–H groups in total. The summed E-state index contributed by atoms with van der Waals surface area (Å²) in [7, 11) is 0. The third-order valence-electron chi connectivity index (χ3n) is 4.80. The van der Waals surface area contributed by atoms with Gasteiger partial charge in [-0.15, -0.1) is 0 Å². The normalized spacial score (nSPS) is 15.9. The molecule has 27 heavy (non-hydrogen) atoms. The van der Waals surface area contributed by atoms with Crippen molar-refractivity contribution in [2.24, 2.45) is 0 Å². The molecule has 2 heterocycles. The molecule has 0 unspecified atom stereocenters. The van der Waals surface area contributed by atoms with Crippen molar-refractivity contribution in [3.05, 3.63) is 88.7 Å². The molecule has 4 rings (SSSR count).